The zero-order valence-corrected chi connectivity index (χ0v) is 14.0. The molecule has 1 aromatic heterocycles. The van der Waals surface area contributed by atoms with E-state index in [9.17, 15) is 4.79 Å². The molecule has 0 aliphatic carbocycles. The van der Waals surface area contributed by atoms with E-state index >= 15 is 0 Å². The SMILES string of the molecule is COc1c(CC=C(C)C)c(C)cc2c3ccccc3n(C=O)c12. The van der Waals surface area contributed by atoms with Crippen molar-refractivity contribution in [1.82, 2.24) is 4.57 Å². The van der Waals surface area contributed by atoms with E-state index in [2.05, 4.69) is 32.9 Å². The number of carbonyl (C=O) groups is 1. The fraction of sp³-hybridized carbons (Fsp3) is 0.250. The lowest BCUT2D eigenvalue weighted by Crippen LogP contribution is -2.00. The monoisotopic (exact) mass is 307 g/mol. The Morgan fingerprint density at radius 2 is 1.96 bits per heavy atom. The fourth-order valence-electron chi connectivity index (χ4n) is 3.18. The van der Waals surface area contributed by atoms with Gasteiger partial charge in [0, 0.05) is 16.3 Å². The molecule has 0 fully saturated rings. The van der Waals surface area contributed by atoms with Crippen molar-refractivity contribution in [3.8, 4) is 5.75 Å². The predicted molar refractivity (Wildman–Crippen MR) is 96.0 cm³/mol. The summed E-state index contributed by atoms with van der Waals surface area (Å²) in [7, 11) is 1.67. The summed E-state index contributed by atoms with van der Waals surface area (Å²) in [5.41, 5.74) is 5.34. The van der Waals surface area contributed by atoms with E-state index in [4.69, 9.17) is 4.74 Å². The molecular formula is C20H21NO2. The summed E-state index contributed by atoms with van der Waals surface area (Å²) >= 11 is 0. The molecule has 1 heterocycles. The number of hydrogen-bond donors (Lipinski definition) is 0. The number of methoxy groups -OCH3 is 1. The summed E-state index contributed by atoms with van der Waals surface area (Å²) in [5.74, 6) is 0.792. The topological polar surface area (TPSA) is 31.2 Å². The minimum absolute atomic E-state index is 0.792. The first-order chi connectivity index (χ1) is 11.1. The molecule has 0 N–H and O–H groups in total. The molecule has 118 valence electrons. The predicted octanol–water partition coefficient (Wildman–Crippen LogP) is 4.66. The van der Waals surface area contributed by atoms with Crippen LogP contribution in [0.5, 0.6) is 5.75 Å². The minimum atomic E-state index is 0.792. The Morgan fingerprint density at radius 3 is 2.61 bits per heavy atom. The Kier molecular flexibility index (Phi) is 3.95. The quantitative estimate of drug-likeness (QED) is 0.518. The van der Waals surface area contributed by atoms with E-state index in [1.165, 1.54) is 11.1 Å². The largest absolute Gasteiger partial charge is 0.494 e. The summed E-state index contributed by atoms with van der Waals surface area (Å²) in [6, 6.07) is 10.1. The maximum Gasteiger partial charge on any atom is 0.218 e. The second kappa shape index (κ2) is 5.92. The van der Waals surface area contributed by atoms with Gasteiger partial charge in [-0.1, -0.05) is 29.8 Å². The lowest BCUT2D eigenvalue weighted by molar-refractivity contribution is 0.414. The van der Waals surface area contributed by atoms with Crippen molar-refractivity contribution in [2.75, 3.05) is 7.11 Å². The first-order valence-corrected chi connectivity index (χ1v) is 7.76. The third-order valence-corrected chi connectivity index (χ3v) is 4.30. The van der Waals surface area contributed by atoms with Gasteiger partial charge in [0.1, 0.15) is 5.75 Å². The molecule has 0 saturated carbocycles. The first kappa shape index (κ1) is 15.3. The van der Waals surface area contributed by atoms with E-state index in [0.29, 0.717) is 0 Å². The molecule has 0 atom stereocenters. The van der Waals surface area contributed by atoms with Crippen LogP contribution in [0, 0.1) is 6.92 Å². The van der Waals surface area contributed by atoms with Crippen molar-refractivity contribution in [3.63, 3.8) is 0 Å². The summed E-state index contributed by atoms with van der Waals surface area (Å²) in [6.45, 7) is 6.27. The van der Waals surface area contributed by atoms with Gasteiger partial charge in [-0.25, -0.2) is 0 Å². The molecule has 0 bridgehead atoms. The van der Waals surface area contributed by atoms with Crippen molar-refractivity contribution in [3.05, 3.63) is 53.1 Å². The van der Waals surface area contributed by atoms with Crippen molar-refractivity contribution in [2.45, 2.75) is 27.2 Å². The molecule has 3 heteroatoms. The molecule has 2 aromatic carbocycles. The molecule has 3 aromatic rings. The Morgan fingerprint density at radius 1 is 1.22 bits per heavy atom. The Balaban J connectivity index is 2.45. The Labute approximate surface area is 136 Å². The van der Waals surface area contributed by atoms with Crippen molar-refractivity contribution >= 4 is 28.2 Å². The zero-order chi connectivity index (χ0) is 16.6. The van der Waals surface area contributed by atoms with Crippen LogP contribution in [0.25, 0.3) is 21.8 Å². The lowest BCUT2D eigenvalue weighted by atomic mass is 9.99. The van der Waals surface area contributed by atoms with E-state index in [1.807, 2.05) is 24.3 Å². The van der Waals surface area contributed by atoms with Gasteiger partial charge in [-0.3, -0.25) is 9.36 Å². The number of aryl methyl sites for hydroxylation is 1. The van der Waals surface area contributed by atoms with Crippen LogP contribution in [0.15, 0.2) is 42.0 Å². The van der Waals surface area contributed by atoms with Crippen molar-refractivity contribution < 1.29 is 9.53 Å². The smallest absolute Gasteiger partial charge is 0.218 e. The van der Waals surface area contributed by atoms with Crippen LogP contribution in [0.2, 0.25) is 0 Å². The fourth-order valence-corrected chi connectivity index (χ4v) is 3.18. The molecule has 0 amide bonds. The van der Waals surface area contributed by atoms with Gasteiger partial charge in [-0.2, -0.15) is 0 Å². The number of ether oxygens (including phenoxy) is 1. The normalized spacial score (nSPS) is 11.0. The molecule has 0 unspecified atom stereocenters. The van der Waals surface area contributed by atoms with Crippen LogP contribution in [-0.2, 0) is 11.2 Å². The first-order valence-electron chi connectivity index (χ1n) is 7.76. The average molecular weight is 307 g/mol. The standard InChI is InChI=1S/C20H21NO2/c1-13(2)9-10-15-14(3)11-17-16-7-5-6-8-18(16)21(12-22)19(17)20(15)23-4/h5-9,11-12H,10H2,1-4H3. The van der Waals surface area contributed by atoms with Crippen LogP contribution in [0.3, 0.4) is 0 Å². The number of fused-ring (bicyclic) bond motifs is 3. The number of aromatic nitrogens is 1. The van der Waals surface area contributed by atoms with Crippen molar-refractivity contribution in [1.29, 1.82) is 0 Å². The molecule has 23 heavy (non-hydrogen) atoms. The molecular weight excluding hydrogens is 286 g/mol. The number of benzene rings is 2. The lowest BCUT2D eigenvalue weighted by Gasteiger charge is -2.13. The Bertz CT molecular complexity index is 928. The zero-order valence-electron chi connectivity index (χ0n) is 14.0. The number of para-hydroxylation sites is 1. The summed E-state index contributed by atoms with van der Waals surface area (Å²) in [5, 5.41) is 2.13. The third-order valence-electron chi connectivity index (χ3n) is 4.30. The molecule has 0 aliphatic heterocycles. The van der Waals surface area contributed by atoms with Crippen LogP contribution < -0.4 is 4.74 Å². The van der Waals surface area contributed by atoms with E-state index in [-0.39, 0.29) is 0 Å². The van der Waals surface area contributed by atoms with E-state index < -0.39 is 0 Å². The molecule has 0 aliphatic rings. The van der Waals surface area contributed by atoms with Crippen LogP contribution in [0.1, 0.15) is 25.0 Å². The molecule has 0 radical (unpaired) electrons. The molecule has 3 nitrogen and oxygen atoms in total. The van der Waals surface area contributed by atoms with Gasteiger partial charge >= 0.3 is 0 Å². The van der Waals surface area contributed by atoms with Gasteiger partial charge in [-0.05, 0) is 44.9 Å². The van der Waals surface area contributed by atoms with E-state index in [1.54, 1.807) is 11.7 Å². The van der Waals surface area contributed by atoms with Crippen molar-refractivity contribution in [2.24, 2.45) is 0 Å². The highest BCUT2D eigenvalue weighted by atomic mass is 16.5. The number of nitrogens with zero attached hydrogens (tertiary/aromatic N) is 1. The van der Waals surface area contributed by atoms with Gasteiger partial charge in [-0.15, -0.1) is 0 Å². The number of allylic oxidation sites excluding steroid dienone is 2. The summed E-state index contributed by atoms with van der Waals surface area (Å²) in [4.78, 5) is 11.7. The second-order valence-electron chi connectivity index (χ2n) is 6.08. The third kappa shape index (κ3) is 2.42. The second-order valence-corrected chi connectivity index (χ2v) is 6.08. The molecule has 0 spiro atoms. The van der Waals surface area contributed by atoms with Gasteiger partial charge in [0.15, 0.2) is 0 Å². The highest BCUT2D eigenvalue weighted by Gasteiger charge is 2.18. The number of rotatable bonds is 4. The maximum absolute atomic E-state index is 11.7. The summed E-state index contributed by atoms with van der Waals surface area (Å²) in [6.07, 6.45) is 3.85. The molecule has 0 saturated heterocycles. The Hall–Kier alpha value is -2.55. The highest BCUT2D eigenvalue weighted by molar-refractivity contribution is 6.13. The van der Waals surface area contributed by atoms with E-state index in [0.717, 1.165) is 45.9 Å². The summed E-state index contributed by atoms with van der Waals surface area (Å²) < 4.78 is 7.42. The number of hydrogen-bond acceptors (Lipinski definition) is 2. The van der Waals surface area contributed by atoms with Crippen LogP contribution >= 0.6 is 0 Å². The minimum Gasteiger partial charge on any atom is -0.494 e. The maximum atomic E-state index is 11.7. The highest BCUT2D eigenvalue weighted by Crippen LogP contribution is 2.38. The van der Waals surface area contributed by atoms with Crippen LogP contribution in [-0.4, -0.2) is 18.1 Å². The number of carbonyl (C=O) groups excluding carboxylic acids is 1. The average Bonchev–Trinajstić information content (AvgIpc) is 2.85. The van der Waals surface area contributed by atoms with Gasteiger partial charge < -0.3 is 4.74 Å². The van der Waals surface area contributed by atoms with Gasteiger partial charge in [0.25, 0.3) is 0 Å². The van der Waals surface area contributed by atoms with Gasteiger partial charge in [0.2, 0.25) is 6.41 Å². The van der Waals surface area contributed by atoms with Gasteiger partial charge in [0.05, 0.1) is 18.1 Å². The molecule has 3 rings (SSSR count). The van der Waals surface area contributed by atoms with Crippen LogP contribution in [0.4, 0.5) is 0 Å².